The molecule has 0 saturated heterocycles. The summed E-state index contributed by atoms with van der Waals surface area (Å²) in [5.74, 6) is 1.47. The number of rotatable bonds is 8. The fourth-order valence-corrected chi connectivity index (χ4v) is 1.97. The Bertz CT molecular complexity index is 473. The zero-order chi connectivity index (χ0) is 14.4. The molecule has 0 radical (unpaired) electrons. The van der Waals surface area contributed by atoms with Crippen LogP contribution in [0.25, 0.3) is 0 Å². The average Bonchev–Trinajstić information content (AvgIpc) is 3.28. The first-order valence-corrected chi connectivity index (χ1v) is 7.61. The molecule has 0 aromatic heterocycles. The third kappa shape index (κ3) is 4.58. The minimum Gasteiger partial charge on any atom is -0.490 e. The lowest BCUT2D eigenvalue weighted by atomic mass is 10.2. The monoisotopic (exact) mass is 315 g/mol. The van der Waals surface area contributed by atoms with Gasteiger partial charge in [-0.2, -0.15) is 0 Å². The van der Waals surface area contributed by atoms with Crippen molar-refractivity contribution in [3.8, 4) is 11.5 Å². The second kappa shape index (κ2) is 7.77. The predicted molar refractivity (Wildman–Crippen MR) is 82.8 cm³/mol. The van der Waals surface area contributed by atoms with Gasteiger partial charge in [0.15, 0.2) is 11.5 Å². The molecule has 0 amide bonds. The van der Waals surface area contributed by atoms with Crippen LogP contribution in [0.2, 0.25) is 0 Å². The van der Waals surface area contributed by atoms with Gasteiger partial charge in [-0.3, -0.25) is 0 Å². The summed E-state index contributed by atoms with van der Waals surface area (Å²) >= 11 is 11.4. The van der Waals surface area contributed by atoms with Crippen LogP contribution in [0.15, 0.2) is 28.8 Å². The van der Waals surface area contributed by atoms with Crippen LogP contribution in [-0.4, -0.2) is 19.3 Å². The van der Waals surface area contributed by atoms with Gasteiger partial charge in [0.1, 0.15) is 6.61 Å². The van der Waals surface area contributed by atoms with E-state index in [0.29, 0.717) is 17.7 Å². The molecule has 1 fully saturated rings. The standard InChI is InChI=1S/C15H19Cl2NO2/c1-2-19-14-5-3-4-11(9-18-13-6-7-13)15(14)20-10-12(17)8-16/h3-5,8,13,18H,2,6-7,9-10H2,1H3. The van der Waals surface area contributed by atoms with Gasteiger partial charge in [-0.05, 0) is 25.8 Å². The maximum atomic E-state index is 5.88. The summed E-state index contributed by atoms with van der Waals surface area (Å²) in [6, 6.07) is 6.55. The second-order valence-electron chi connectivity index (χ2n) is 4.68. The first-order chi connectivity index (χ1) is 9.74. The highest BCUT2D eigenvalue weighted by molar-refractivity contribution is 6.36. The van der Waals surface area contributed by atoms with Crippen molar-refractivity contribution in [3.05, 3.63) is 34.3 Å². The Hall–Kier alpha value is -0.900. The largest absolute Gasteiger partial charge is 0.490 e. The molecule has 1 aromatic rings. The van der Waals surface area contributed by atoms with Crippen molar-refractivity contribution >= 4 is 23.2 Å². The van der Waals surface area contributed by atoms with Crippen LogP contribution in [0.1, 0.15) is 25.3 Å². The molecule has 3 nitrogen and oxygen atoms in total. The lowest BCUT2D eigenvalue weighted by molar-refractivity contribution is 0.292. The van der Waals surface area contributed by atoms with Crippen LogP contribution in [0, 0.1) is 0 Å². The number of halogens is 2. The lowest BCUT2D eigenvalue weighted by Gasteiger charge is -2.16. The Morgan fingerprint density at radius 2 is 2.20 bits per heavy atom. The van der Waals surface area contributed by atoms with Gasteiger partial charge in [-0.15, -0.1) is 0 Å². The molecule has 110 valence electrons. The number of para-hydroxylation sites is 1. The van der Waals surface area contributed by atoms with E-state index in [0.717, 1.165) is 23.6 Å². The van der Waals surface area contributed by atoms with Crippen molar-refractivity contribution in [1.29, 1.82) is 0 Å². The van der Waals surface area contributed by atoms with Gasteiger partial charge < -0.3 is 14.8 Å². The Morgan fingerprint density at radius 1 is 1.40 bits per heavy atom. The number of hydrogen-bond donors (Lipinski definition) is 1. The van der Waals surface area contributed by atoms with E-state index in [1.54, 1.807) is 0 Å². The van der Waals surface area contributed by atoms with Crippen LogP contribution in [0.5, 0.6) is 11.5 Å². The van der Waals surface area contributed by atoms with E-state index in [4.69, 9.17) is 32.7 Å². The summed E-state index contributed by atoms with van der Waals surface area (Å²) < 4.78 is 11.4. The highest BCUT2D eigenvalue weighted by Gasteiger charge is 2.21. The molecule has 0 unspecified atom stereocenters. The quantitative estimate of drug-likeness (QED) is 0.785. The summed E-state index contributed by atoms with van der Waals surface area (Å²) in [7, 11) is 0. The number of ether oxygens (including phenoxy) is 2. The first kappa shape index (κ1) is 15.5. The Morgan fingerprint density at radius 3 is 2.85 bits per heavy atom. The molecule has 5 heteroatoms. The maximum absolute atomic E-state index is 5.88. The Labute approximate surface area is 129 Å². The van der Waals surface area contributed by atoms with Gasteiger partial charge in [0.25, 0.3) is 0 Å². The minimum absolute atomic E-state index is 0.242. The maximum Gasteiger partial charge on any atom is 0.166 e. The van der Waals surface area contributed by atoms with Gasteiger partial charge in [0, 0.05) is 23.7 Å². The number of hydrogen-bond acceptors (Lipinski definition) is 3. The molecular weight excluding hydrogens is 297 g/mol. The molecule has 0 spiro atoms. The summed E-state index contributed by atoms with van der Waals surface area (Å²) in [6.07, 6.45) is 2.50. The fourth-order valence-electron chi connectivity index (χ4n) is 1.85. The van der Waals surface area contributed by atoms with Crippen LogP contribution in [-0.2, 0) is 6.54 Å². The Balaban J connectivity index is 2.12. The van der Waals surface area contributed by atoms with Gasteiger partial charge >= 0.3 is 0 Å². The number of nitrogens with one attached hydrogen (secondary N) is 1. The van der Waals surface area contributed by atoms with Crippen LogP contribution in [0.3, 0.4) is 0 Å². The molecule has 20 heavy (non-hydrogen) atoms. The van der Waals surface area contributed by atoms with Gasteiger partial charge in [0.05, 0.1) is 11.6 Å². The fraction of sp³-hybridized carbons (Fsp3) is 0.467. The van der Waals surface area contributed by atoms with Crippen molar-refractivity contribution in [2.45, 2.75) is 32.4 Å². The van der Waals surface area contributed by atoms with E-state index in [2.05, 4.69) is 5.32 Å². The lowest BCUT2D eigenvalue weighted by Crippen LogP contribution is -2.16. The zero-order valence-electron chi connectivity index (χ0n) is 11.5. The summed E-state index contributed by atoms with van der Waals surface area (Å²) in [5, 5.41) is 3.93. The predicted octanol–water partition coefficient (Wildman–Crippen LogP) is 4.04. The van der Waals surface area contributed by atoms with Gasteiger partial charge in [-0.25, -0.2) is 0 Å². The zero-order valence-corrected chi connectivity index (χ0v) is 13.0. The van der Waals surface area contributed by atoms with E-state index in [9.17, 15) is 0 Å². The van der Waals surface area contributed by atoms with Crippen LogP contribution >= 0.6 is 23.2 Å². The summed E-state index contributed by atoms with van der Waals surface area (Å²) in [5.41, 5.74) is 2.38. The van der Waals surface area contributed by atoms with E-state index in [-0.39, 0.29) is 6.61 Å². The molecule has 0 heterocycles. The average molecular weight is 316 g/mol. The minimum atomic E-state index is 0.242. The molecule has 1 aromatic carbocycles. The van der Waals surface area contributed by atoms with E-state index in [1.807, 2.05) is 25.1 Å². The molecular formula is C15H19Cl2NO2. The molecule has 1 aliphatic carbocycles. The van der Waals surface area contributed by atoms with E-state index >= 15 is 0 Å². The Kier molecular flexibility index (Phi) is 6.02. The highest BCUT2D eigenvalue weighted by Crippen LogP contribution is 2.32. The van der Waals surface area contributed by atoms with Crippen molar-refractivity contribution in [2.75, 3.05) is 13.2 Å². The second-order valence-corrected chi connectivity index (χ2v) is 5.38. The van der Waals surface area contributed by atoms with E-state index in [1.165, 1.54) is 18.4 Å². The smallest absolute Gasteiger partial charge is 0.166 e. The molecule has 0 atom stereocenters. The highest BCUT2D eigenvalue weighted by atomic mass is 35.5. The number of benzene rings is 1. The molecule has 1 aliphatic rings. The summed E-state index contributed by atoms with van der Waals surface area (Å²) in [6.45, 7) is 3.55. The van der Waals surface area contributed by atoms with Crippen molar-refractivity contribution < 1.29 is 9.47 Å². The van der Waals surface area contributed by atoms with Crippen molar-refractivity contribution in [1.82, 2.24) is 5.32 Å². The van der Waals surface area contributed by atoms with Crippen molar-refractivity contribution in [2.24, 2.45) is 0 Å². The van der Waals surface area contributed by atoms with E-state index < -0.39 is 0 Å². The normalized spacial score (nSPS) is 15.2. The SMILES string of the molecule is CCOc1cccc(CNC2CC2)c1OCC(Cl)=CCl. The van der Waals surface area contributed by atoms with Crippen LogP contribution in [0.4, 0.5) is 0 Å². The van der Waals surface area contributed by atoms with Crippen LogP contribution < -0.4 is 14.8 Å². The molecule has 1 saturated carbocycles. The molecule has 1 N–H and O–H groups in total. The summed E-state index contributed by atoms with van der Waals surface area (Å²) in [4.78, 5) is 0. The first-order valence-electron chi connectivity index (χ1n) is 6.80. The topological polar surface area (TPSA) is 30.5 Å². The molecule has 0 aliphatic heterocycles. The van der Waals surface area contributed by atoms with Gasteiger partial charge in [-0.1, -0.05) is 35.3 Å². The third-order valence-corrected chi connectivity index (χ3v) is 3.58. The van der Waals surface area contributed by atoms with Gasteiger partial charge in [0.2, 0.25) is 0 Å². The third-order valence-electron chi connectivity index (χ3n) is 2.99. The van der Waals surface area contributed by atoms with Crippen molar-refractivity contribution in [3.63, 3.8) is 0 Å². The molecule has 2 rings (SSSR count). The molecule has 0 bridgehead atoms.